The molecule has 0 heterocycles. The van der Waals surface area contributed by atoms with Crippen LogP contribution in [0.2, 0.25) is 0 Å². The number of halogens is 1. The van der Waals surface area contributed by atoms with E-state index in [9.17, 15) is 9.18 Å². The molecule has 4 nitrogen and oxygen atoms in total. The summed E-state index contributed by atoms with van der Waals surface area (Å²) in [4.78, 5) is 11.2. The maximum absolute atomic E-state index is 13.3. The fraction of sp³-hybridized carbons (Fsp3) is 0.200. The van der Waals surface area contributed by atoms with Crippen molar-refractivity contribution in [1.29, 1.82) is 5.26 Å². The van der Waals surface area contributed by atoms with Gasteiger partial charge in [0, 0.05) is 6.07 Å². The molecule has 78 valence electrons. The monoisotopic (exact) mass is 209 g/mol. The lowest BCUT2D eigenvalue weighted by atomic mass is 10.1. The van der Waals surface area contributed by atoms with Crippen LogP contribution in [0.25, 0.3) is 0 Å². The molecule has 0 radical (unpaired) electrons. The summed E-state index contributed by atoms with van der Waals surface area (Å²) in [7, 11) is 2.49. The molecule has 0 aliphatic rings. The van der Waals surface area contributed by atoms with E-state index < -0.39 is 11.8 Å². The van der Waals surface area contributed by atoms with E-state index in [-0.39, 0.29) is 16.9 Å². The van der Waals surface area contributed by atoms with Crippen LogP contribution in [-0.4, -0.2) is 20.2 Å². The number of hydrogen-bond acceptors (Lipinski definition) is 4. The second kappa shape index (κ2) is 4.42. The Morgan fingerprint density at radius 1 is 1.47 bits per heavy atom. The first-order valence-electron chi connectivity index (χ1n) is 4.00. The first-order valence-corrected chi connectivity index (χ1v) is 4.00. The van der Waals surface area contributed by atoms with Crippen molar-refractivity contribution in [2.45, 2.75) is 0 Å². The standard InChI is InChI=1S/C10H8FNO3/c1-14-6-3-7(10(13)15-2)8(5-12)9(11)4-6/h3-4H,1-2H3. The molecule has 0 aromatic heterocycles. The Labute approximate surface area is 85.8 Å². The molecule has 0 fully saturated rings. The smallest absolute Gasteiger partial charge is 0.339 e. The Morgan fingerprint density at radius 3 is 2.60 bits per heavy atom. The normalized spacial score (nSPS) is 9.20. The summed E-state index contributed by atoms with van der Waals surface area (Å²) >= 11 is 0. The van der Waals surface area contributed by atoms with Gasteiger partial charge in [-0.2, -0.15) is 5.26 Å². The van der Waals surface area contributed by atoms with Gasteiger partial charge in [0.1, 0.15) is 23.2 Å². The van der Waals surface area contributed by atoms with Gasteiger partial charge < -0.3 is 9.47 Å². The molecule has 0 unspecified atom stereocenters. The van der Waals surface area contributed by atoms with Gasteiger partial charge in [-0.15, -0.1) is 0 Å². The predicted molar refractivity (Wildman–Crippen MR) is 49.0 cm³/mol. The highest BCUT2D eigenvalue weighted by Gasteiger charge is 2.17. The quantitative estimate of drug-likeness (QED) is 0.692. The van der Waals surface area contributed by atoms with Crippen molar-refractivity contribution in [3.05, 3.63) is 29.1 Å². The SMILES string of the molecule is COC(=O)c1cc(OC)cc(F)c1C#N. The molecule has 0 atom stereocenters. The lowest BCUT2D eigenvalue weighted by Crippen LogP contribution is -2.06. The first kappa shape index (κ1) is 11.0. The molecule has 0 amide bonds. The third kappa shape index (κ3) is 2.05. The van der Waals surface area contributed by atoms with Gasteiger partial charge in [0.15, 0.2) is 0 Å². The van der Waals surface area contributed by atoms with Crippen LogP contribution in [0.1, 0.15) is 15.9 Å². The van der Waals surface area contributed by atoms with E-state index in [1.807, 2.05) is 0 Å². The van der Waals surface area contributed by atoms with Crippen LogP contribution in [0.3, 0.4) is 0 Å². The maximum Gasteiger partial charge on any atom is 0.339 e. The number of rotatable bonds is 2. The minimum atomic E-state index is -0.808. The predicted octanol–water partition coefficient (Wildman–Crippen LogP) is 1.49. The second-order valence-electron chi connectivity index (χ2n) is 2.64. The number of nitriles is 1. The van der Waals surface area contributed by atoms with E-state index in [0.717, 1.165) is 13.2 Å². The molecule has 0 bridgehead atoms. The first-order chi connectivity index (χ1) is 7.13. The van der Waals surface area contributed by atoms with E-state index in [1.165, 1.54) is 13.2 Å². The third-order valence-electron chi connectivity index (χ3n) is 1.82. The number of ether oxygens (including phenoxy) is 2. The summed E-state index contributed by atoms with van der Waals surface area (Å²) in [6.07, 6.45) is 0. The van der Waals surface area contributed by atoms with Crippen LogP contribution in [0.5, 0.6) is 5.75 Å². The van der Waals surface area contributed by atoms with Crippen molar-refractivity contribution in [2.75, 3.05) is 14.2 Å². The highest BCUT2D eigenvalue weighted by molar-refractivity contribution is 5.92. The number of carbonyl (C=O) groups excluding carboxylic acids is 1. The van der Waals surface area contributed by atoms with Crippen LogP contribution < -0.4 is 4.74 Å². The molecule has 5 heteroatoms. The van der Waals surface area contributed by atoms with Crippen molar-refractivity contribution >= 4 is 5.97 Å². The van der Waals surface area contributed by atoms with Crippen LogP contribution in [0.15, 0.2) is 12.1 Å². The zero-order valence-corrected chi connectivity index (χ0v) is 8.20. The Hall–Kier alpha value is -2.09. The van der Waals surface area contributed by atoms with E-state index >= 15 is 0 Å². The van der Waals surface area contributed by atoms with Crippen molar-refractivity contribution in [2.24, 2.45) is 0 Å². The number of hydrogen-bond donors (Lipinski definition) is 0. The molecule has 1 rings (SSSR count). The number of benzene rings is 1. The molecule has 0 aliphatic carbocycles. The number of carbonyl (C=O) groups is 1. The number of methoxy groups -OCH3 is 2. The Bertz CT molecular complexity index is 437. The second-order valence-corrected chi connectivity index (χ2v) is 2.64. The summed E-state index contributed by atoms with van der Waals surface area (Å²) in [6, 6.07) is 3.89. The fourth-order valence-electron chi connectivity index (χ4n) is 1.08. The summed E-state index contributed by atoms with van der Waals surface area (Å²) < 4.78 is 22.5. The average molecular weight is 209 g/mol. The topological polar surface area (TPSA) is 59.3 Å². The molecular weight excluding hydrogens is 201 g/mol. The third-order valence-corrected chi connectivity index (χ3v) is 1.82. The van der Waals surface area contributed by atoms with Gasteiger partial charge in [-0.3, -0.25) is 0 Å². The van der Waals surface area contributed by atoms with Crippen molar-refractivity contribution in [3.63, 3.8) is 0 Å². The zero-order chi connectivity index (χ0) is 11.4. The molecule has 0 saturated carbocycles. The largest absolute Gasteiger partial charge is 0.497 e. The van der Waals surface area contributed by atoms with Crippen molar-refractivity contribution in [1.82, 2.24) is 0 Å². The van der Waals surface area contributed by atoms with E-state index in [2.05, 4.69) is 4.74 Å². The molecule has 15 heavy (non-hydrogen) atoms. The molecule has 1 aromatic carbocycles. The summed E-state index contributed by atoms with van der Waals surface area (Å²) in [6.45, 7) is 0. The summed E-state index contributed by atoms with van der Waals surface area (Å²) in [5, 5.41) is 8.67. The fourth-order valence-corrected chi connectivity index (χ4v) is 1.08. The lowest BCUT2D eigenvalue weighted by molar-refractivity contribution is 0.0599. The van der Waals surface area contributed by atoms with Gasteiger partial charge in [-0.25, -0.2) is 9.18 Å². The van der Waals surface area contributed by atoms with Gasteiger partial charge in [0.2, 0.25) is 0 Å². The lowest BCUT2D eigenvalue weighted by Gasteiger charge is -2.05. The van der Waals surface area contributed by atoms with E-state index in [0.29, 0.717) is 0 Å². The van der Waals surface area contributed by atoms with Gasteiger partial charge in [-0.1, -0.05) is 0 Å². The minimum absolute atomic E-state index is 0.142. The van der Waals surface area contributed by atoms with Gasteiger partial charge in [-0.05, 0) is 6.07 Å². The van der Waals surface area contributed by atoms with Gasteiger partial charge in [0.25, 0.3) is 0 Å². The molecular formula is C10H8FNO3. The number of nitrogens with zero attached hydrogens (tertiary/aromatic N) is 1. The van der Waals surface area contributed by atoms with Crippen LogP contribution in [-0.2, 0) is 4.74 Å². The Balaban J connectivity index is 3.40. The minimum Gasteiger partial charge on any atom is -0.497 e. The van der Waals surface area contributed by atoms with Crippen LogP contribution >= 0.6 is 0 Å². The Morgan fingerprint density at radius 2 is 2.13 bits per heavy atom. The number of esters is 1. The van der Waals surface area contributed by atoms with E-state index in [1.54, 1.807) is 6.07 Å². The zero-order valence-electron chi connectivity index (χ0n) is 8.20. The Kier molecular flexibility index (Phi) is 3.24. The highest BCUT2D eigenvalue weighted by Crippen LogP contribution is 2.21. The van der Waals surface area contributed by atoms with Crippen LogP contribution in [0, 0.1) is 17.1 Å². The molecule has 0 N–H and O–H groups in total. The van der Waals surface area contributed by atoms with Gasteiger partial charge in [0.05, 0.1) is 19.8 Å². The maximum atomic E-state index is 13.3. The van der Waals surface area contributed by atoms with Gasteiger partial charge >= 0.3 is 5.97 Å². The average Bonchev–Trinajstić information content (AvgIpc) is 2.26. The molecule has 1 aromatic rings. The summed E-state index contributed by atoms with van der Waals surface area (Å²) in [5.41, 5.74) is -0.487. The van der Waals surface area contributed by atoms with Crippen molar-refractivity contribution < 1.29 is 18.7 Å². The molecule has 0 saturated heterocycles. The molecule has 0 spiro atoms. The van der Waals surface area contributed by atoms with Crippen molar-refractivity contribution in [3.8, 4) is 11.8 Å². The van der Waals surface area contributed by atoms with E-state index in [4.69, 9.17) is 10.00 Å². The van der Waals surface area contributed by atoms with Crippen LogP contribution in [0.4, 0.5) is 4.39 Å². The highest BCUT2D eigenvalue weighted by atomic mass is 19.1. The molecule has 0 aliphatic heterocycles. The summed E-state index contributed by atoms with van der Waals surface area (Å²) in [5.74, 6) is -1.42.